The highest BCUT2D eigenvalue weighted by Gasteiger charge is 2.25. The van der Waals surface area contributed by atoms with Crippen molar-refractivity contribution >= 4 is 12.0 Å². The Labute approximate surface area is 137 Å². The number of nitrogens with one attached hydrogen (secondary N) is 2. The molecule has 2 N–H and O–H groups in total. The van der Waals surface area contributed by atoms with Crippen molar-refractivity contribution in [1.29, 1.82) is 0 Å². The fourth-order valence-electron chi connectivity index (χ4n) is 2.75. The topological polar surface area (TPSA) is 67.4 Å². The van der Waals surface area contributed by atoms with Gasteiger partial charge < -0.3 is 15.4 Å². The van der Waals surface area contributed by atoms with E-state index in [0.717, 1.165) is 44.1 Å². The smallest absolute Gasteiger partial charge is 0.333 e. The van der Waals surface area contributed by atoms with Crippen LogP contribution >= 0.6 is 0 Å². The summed E-state index contributed by atoms with van der Waals surface area (Å²) in [5, 5.41) is 5.71. The second-order valence-corrected chi connectivity index (χ2v) is 5.96. The second-order valence-electron chi connectivity index (χ2n) is 5.96. The van der Waals surface area contributed by atoms with Crippen LogP contribution in [0, 0.1) is 0 Å². The van der Waals surface area contributed by atoms with Crippen LogP contribution in [0.3, 0.4) is 0 Å². The summed E-state index contributed by atoms with van der Waals surface area (Å²) in [6, 6.07) is 8.34. The fourth-order valence-corrected chi connectivity index (χ4v) is 2.75. The van der Waals surface area contributed by atoms with Crippen LogP contribution in [-0.2, 0) is 9.53 Å². The molecule has 2 amide bonds. The van der Waals surface area contributed by atoms with Gasteiger partial charge in [-0.3, -0.25) is 0 Å². The summed E-state index contributed by atoms with van der Waals surface area (Å²) in [5.41, 5.74) is 0.732. The average Bonchev–Trinajstić information content (AvgIpc) is 3.06. The molecule has 5 nitrogen and oxygen atoms in total. The SMILES string of the molecule is CCCCOC(=O)C(NC(=O)NC1CCCC1)c1ccccc1. The molecule has 1 aromatic rings. The zero-order valence-corrected chi connectivity index (χ0v) is 13.7. The van der Waals surface area contributed by atoms with Gasteiger partial charge in [-0.2, -0.15) is 0 Å². The number of urea groups is 1. The van der Waals surface area contributed by atoms with E-state index in [-0.39, 0.29) is 12.1 Å². The molecular weight excluding hydrogens is 292 g/mol. The number of esters is 1. The number of unbranched alkanes of at least 4 members (excludes halogenated alkanes) is 1. The third kappa shape index (κ3) is 5.58. The Morgan fingerprint density at radius 1 is 1.22 bits per heavy atom. The third-order valence-corrected chi connectivity index (χ3v) is 4.08. The molecule has 126 valence electrons. The van der Waals surface area contributed by atoms with Crippen molar-refractivity contribution in [2.24, 2.45) is 0 Å². The number of carbonyl (C=O) groups is 2. The van der Waals surface area contributed by atoms with Crippen molar-refractivity contribution in [3.05, 3.63) is 35.9 Å². The van der Waals surface area contributed by atoms with Gasteiger partial charge in [0.25, 0.3) is 0 Å². The van der Waals surface area contributed by atoms with E-state index in [2.05, 4.69) is 10.6 Å². The van der Waals surface area contributed by atoms with E-state index in [9.17, 15) is 9.59 Å². The Morgan fingerprint density at radius 3 is 2.57 bits per heavy atom. The first kappa shape index (κ1) is 17.3. The number of hydrogen-bond acceptors (Lipinski definition) is 3. The van der Waals surface area contributed by atoms with Crippen LogP contribution in [0.25, 0.3) is 0 Å². The Bertz CT molecular complexity index is 498. The molecule has 1 aliphatic carbocycles. The van der Waals surface area contributed by atoms with Crippen LogP contribution in [-0.4, -0.2) is 24.6 Å². The van der Waals surface area contributed by atoms with Gasteiger partial charge >= 0.3 is 12.0 Å². The van der Waals surface area contributed by atoms with Gasteiger partial charge in [-0.1, -0.05) is 56.5 Å². The third-order valence-electron chi connectivity index (χ3n) is 4.08. The first-order chi connectivity index (χ1) is 11.2. The summed E-state index contributed by atoms with van der Waals surface area (Å²) in [4.78, 5) is 24.5. The number of rotatable bonds is 7. The summed E-state index contributed by atoms with van der Waals surface area (Å²) in [7, 11) is 0. The fraction of sp³-hybridized carbons (Fsp3) is 0.556. The molecular formula is C18H26N2O3. The maximum atomic E-state index is 12.3. The van der Waals surface area contributed by atoms with Gasteiger partial charge in [-0.05, 0) is 24.8 Å². The summed E-state index contributed by atoms with van der Waals surface area (Å²) >= 11 is 0. The molecule has 0 saturated heterocycles. The minimum absolute atomic E-state index is 0.211. The monoisotopic (exact) mass is 318 g/mol. The molecule has 23 heavy (non-hydrogen) atoms. The number of amides is 2. The molecule has 1 aliphatic rings. The first-order valence-electron chi connectivity index (χ1n) is 8.49. The lowest BCUT2D eigenvalue weighted by Gasteiger charge is -2.20. The summed E-state index contributed by atoms with van der Waals surface area (Å²) in [5.74, 6) is -0.411. The van der Waals surface area contributed by atoms with Crippen LogP contribution in [0.1, 0.15) is 57.1 Å². The van der Waals surface area contributed by atoms with Gasteiger partial charge in [0.15, 0.2) is 6.04 Å². The average molecular weight is 318 g/mol. The molecule has 0 bridgehead atoms. The minimum atomic E-state index is -0.769. The molecule has 0 heterocycles. The molecule has 5 heteroatoms. The molecule has 1 fully saturated rings. The van der Waals surface area contributed by atoms with Crippen molar-refractivity contribution in [2.75, 3.05) is 6.61 Å². The van der Waals surface area contributed by atoms with Gasteiger partial charge in [-0.25, -0.2) is 9.59 Å². The van der Waals surface area contributed by atoms with E-state index in [1.54, 1.807) is 0 Å². The molecule has 0 aromatic heterocycles. The highest BCUT2D eigenvalue weighted by Crippen LogP contribution is 2.18. The van der Waals surface area contributed by atoms with Crippen LogP contribution in [0.15, 0.2) is 30.3 Å². The van der Waals surface area contributed by atoms with Crippen molar-refractivity contribution < 1.29 is 14.3 Å². The van der Waals surface area contributed by atoms with E-state index in [1.165, 1.54) is 0 Å². The van der Waals surface area contributed by atoms with Gasteiger partial charge in [-0.15, -0.1) is 0 Å². The quantitative estimate of drug-likeness (QED) is 0.598. The minimum Gasteiger partial charge on any atom is -0.464 e. The van der Waals surface area contributed by atoms with E-state index >= 15 is 0 Å². The molecule has 0 radical (unpaired) electrons. The van der Waals surface area contributed by atoms with E-state index < -0.39 is 12.0 Å². The van der Waals surface area contributed by atoms with E-state index in [1.807, 2.05) is 37.3 Å². The predicted octanol–water partition coefficient (Wildman–Crippen LogP) is 3.31. The highest BCUT2D eigenvalue weighted by molar-refractivity contribution is 5.84. The summed E-state index contributed by atoms with van der Waals surface area (Å²) in [6.07, 6.45) is 6.08. The number of carbonyl (C=O) groups excluding carboxylic acids is 2. The highest BCUT2D eigenvalue weighted by atomic mass is 16.5. The maximum Gasteiger partial charge on any atom is 0.333 e. The lowest BCUT2D eigenvalue weighted by atomic mass is 10.1. The van der Waals surface area contributed by atoms with E-state index in [4.69, 9.17) is 4.74 Å². The normalized spacial score (nSPS) is 15.9. The maximum absolute atomic E-state index is 12.3. The van der Waals surface area contributed by atoms with Crippen LogP contribution in [0.4, 0.5) is 4.79 Å². The predicted molar refractivity (Wildman–Crippen MR) is 89.0 cm³/mol. The first-order valence-corrected chi connectivity index (χ1v) is 8.49. The Kier molecular flexibility index (Phi) is 6.91. The zero-order valence-electron chi connectivity index (χ0n) is 13.7. The Balaban J connectivity index is 1.97. The van der Waals surface area contributed by atoms with Crippen molar-refractivity contribution in [3.8, 4) is 0 Å². The van der Waals surface area contributed by atoms with Crippen LogP contribution < -0.4 is 10.6 Å². The van der Waals surface area contributed by atoms with Gasteiger partial charge in [0.05, 0.1) is 6.61 Å². The summed E-state index contributed by atoms with van der Waals surface area (Å²) in [6.45, 7) is 2.42. The molecule has 0 aliphatic heterocycles. The second kappa shape index (κ2) is 9.18. The van der Waals surface area contributed by atoms with Gasteiger partial charge in [0, 0.05) is 6.04 Å². The largest absolute Gasteiger partial charge is 0.464 e. The van der Waals surface area contributed by atoms with Gasteiger partial charge in [0.2, 0.25) is 0 Å². The Morgan fingerprint density at radius 2 is 1.91 bits per heavy atom. The van der Waals surface area contributed by atoms with Crippen LogP contribution in [0.5, 0.6) is 0 Å². The molecule has 1 saturated carbocycles. The molecule has 0 spiro atoms. The lowest BCUT2D eigenvalue weighted by molar-refractivity contribution is -0.146. The van der Waals surface area contributed by atoms with E-state index in [0.29, 0.717) is 6.61 Å². The molecule has 1 atom stereocenters. The van der Waals surface area contributed by atoms with Crippen molar-refractivity contribution in [2.45, 2.75) is 57.5 Å². The molecule has 2 rings (SSSR count). The summed E-state index contributed by atoms with van der Waals surface area (Å²) < 4.78 is 5.29. The van der Waals surface area contributed by atoms with Gasteiger partial charge in [0.1, 0.15) is 0 Å². The standard InChI is InChI=1S/C18H26N2O3/c1-2-3-13-23-17(21)16(14-9-5-4-6-10-14)20-18(22)19-15-11-7-8-12-15/h4-6,9-10,15-16H,2-3,7-8,11-13H2,1H3,(H2,19,20,22). The molecule has 1 aromatic carbocycles. The van der Waals surface area contributed by atoms with Crippen molar-refractivity contribution in [1.82, 2.24) is 10.6 Å². The lowest BCUT2D eigenvalue weighted by Crippen LogP contribution is -2.44. The number of benzene rings is 1. The van der Waals surface area contributed by atoms with Crippen LogP contribution in [0.2, 0.25) is 0 Å². The molecule has 1 unspecified atom stereocenters. The number of hydrogen-bond donors (Lipinski definition) is 2. The number of ether oxygens (including phenoxy) is 1. The zero-order chi connectivity index (χ0) is 16.5. The van der Waals surface area contributed by atoms with Crippen molar-refractivity contribution in [3.63, 3.8) is 0 Å². The Hall–Kier alpha value is -2.04.